The molecule has 1 aliphatic heterocycles. The predicted octanol–water partition coefficient (Wildman–Crippen LogP) is 2.32. The number of nitrogens with zero attached hydrogens (tertiary/aromatic N) is 2. The molecule has 24 heavy (non-hydrogen) atoms. The van der Waals surface area contributed by atoms with Crippen LogP contribution >= 0.6 is 0 Å². The summed E-state index contributed by atoms with van der Waals surface area (Å²) >= 11 is 0. The topological polar surface area (TPSA) is 78.6 Å². The van der Waals surface area contributed by atoms with Crippen LogP contribution in [-0.4, -0.2) is 52.6 Å². The highest BCUT2D eigenvalue weighted by atomic mass is 19.4. The second kappa shape index (κ2) is 7.00. The van der Waals surface area contributed by atoms with E-state index in [0.717, 1.165) is 17.0 Å². The average molecular weight is 349 g/mol. The molecule has 1 saturated heterocycles. The van der Waals surface area contributed by atoms with E-state index in [1.165, 1.54) is 4.90 Å². The zero-order valence-corrected chi connectivity index (χ0v) is 13.7. The van der Waals surface area contributed by atoms with Crippen molar-refractivity contribution in [1.82, 2.24) is 15.4 Å². The van der Waals surface area contributed by atoms with Gasteiger partial charge in [0.15, 0.2) is 5.60 Å². The van der Waals surface area contributed by atoms with E-state index in [-0.39, 0.29) is 13.1 Å². The van der Waals surface area contributed by atoms with Crippen LogP contribution in [-0.2, 0) is 6.42 Å². The maximum Gasteiger partial charge on any atom is 0.417 e. The number of piperidine rings is 1. The molecule has 1 fully saturated rings. The van der Waals surface area contributed by atoms with Gasteiger partial charge in [-0.1, -0.05) is 5.16 Å². The van der Waals surface area contributed by atoms with Crippen molar-refractivity contribution in [3.05, 3.63) is 17.0 Å². The Morgan fingerprint density at radius 1 is 1.38 bits per heavy atom. The minimum atomic E-state index is -4.66. The molecular formula is C15H22F3N3O3. The summed E-state index contributed by atoms with van der Waals surface area (Å²) in [6.07, 6.45) is -4.28. The number of hydrogen-bond donors (Lipinski definition) is 2. The number of carbonyl (C=O) groups is 1. The fourth-order valence-electron chi connectivity index (χ4n) is 2.79. The Hall–Kier alpha value is -1.77. The van der Waals surface area contributed by atoms with Crippen molar-refractivity contribution in [2.75, 3.05) is 19.6 Å². The summed E-state index contributed by atoms with van der Waals surface area (Å²) in [7, 11) is 0. The van der Waals surface area contributed by atoms with Crippen LogP contribution in [0.4, 0.5) is 18.0 Å². The number of hydrogen-bond acceptors (Lipinski definition) is 4. The minimum absolute atomic E-state index is 0.119. The van der Waals surface area contributed by atoms with Gasteiger partial charge in [-0.3, -0.25) is 0 Å². The van der Waals surface area contributed by atoms with E-state index in [0.29, 0.717) is 19.4 Å². The number of halogens is 3. The maximum absolute atomic E-state index is 12.7. The zero-order valence-electron chi connectivity index (χ0n) is 13.7. The van der Waals surface area contributed by atoms with E-state index in [4.69, 9.17) is 4.52 Å². The van der Waals surface area contributed by atoms with Gasteiger partial charge in [-0.25, -0.2) is 4.79 Å². The minimum Gasteiger partial charge on any atom is -0.380 e. The monoisotopic (exact) mass is 349 g/mol. The van der Waals surface area contributed by atoms with Gasteiger partial charge in [-0.05, 0) is 26.7 Å². The third kappa shape index (κ3) is 4.00. The molecule has 1 aromatic heterocycles. The van der Waals surface area contributed by atoms with Crippen LogP contribution in [0, 0.1) is 13.8 Å². The van der Waals surface area contributed by atoms with E-state index in [1.807, 2.05) is 13.8 Å². The Morgan fingerprint density at radius 2 is 2.00 bits per heavy atom. The van der Waals surface area contributed by atoms with Crippen LogP contribution in [0.15, 0.2) is 4.52 Å². The summed E-state index contributed by atoms with van der Waals surface area (Å²) in [6, 6.07) is -0.405. The van der Waals surface area contributed by atoms with Crippen LogP contribution in [0.1, 0.15) is 36.3 Å². The van der Waals surface area contributed by atoms with E-state index in [9.17, 15) is 23.1 Å². The first-order valence-corrected chi connectivity index (χ1v) is 7.88. The predicted molar refractivity (Wildman–Crippen MR) is 79.5 cm³/mol. The van der Waals surface area contributed by atoms with Gasteiger partial charge in [0, 0.05) is 38.0 Å². The molecule has 1 aliphatic rings. The van der Waals surface area contributed by atoms with Crippen LogP contribution in [0.2, 0.25) is 0 Å². The van der Waals surface area contributed by atoms with Gasteiger partial charge < -0.3 is 19.8 Å². The van der Waals surface area contributed by atoms with Crippen molar-refractivity contribution in [3.63, 3.8) is 0 Å². The first-order valence-electron chi connectivity index (χ1n) is 7.88. The molecule has 0 aromatic carbocycles. The number of aromatic nitrogens is 1. The van der Waals surface area contributed by atoms with Crippen molar-refractivity contribution in [2.24, 2.45) is 0 Å². The Bertz CT molecular complexity index is 559. The second-order valence-corrected chi connectivity index (χ2v) is 6.15. The summed E-state index contributed by atoms with van der Waals surface area (Å²) in [5.41, 5.74) is -0.855. The summed E-state index contributed by atoms with van der Waals surface area (Å²) in [6.45, 7) is 3.84. The van der Waals surface area contributed by atoms with Crippen LogP contribution in [0.3, 0.4) is 0 Å². The molecule has 0 bridgehead atoms. The fourth-order valence-corrected chi connectivity index (χ4v) is 2.79. The second-order valence-electron chi connectivity index (χ2n) is 6.15. The van der Waals surface area contributed by atoms with Crippen LogP contribution in [0.5, 0.6) is 0 Å². The molecule has 1 aromatic rings. The molecule has 9 heteroatoms. The lowest BCUT2D eigenvalue weighted by atomic mass is 9.91. The number of aryl methyl sites for hydroxylation is 2. The van der Waals surface area contributed by atoms with E-state index in [1.54, 1.807) is 0 Å². The van der Waals surface area contributed by atoms with Crippen LogP contribution in [0.25, 0.3) is 0 Å². The summed E-state index contributed by atoms with van der Waals surface area (Å²) < 4.78 is 43.2. The van der Waals surface area contributed by atoms with E-state index < -0.39 is 30.7 Å². The van der Waals surface area contributed by atoms with Gasteiger partial charge in [0.1, 0.15) is 5.76 Å². The lowest BCUT2D eigenvalue weighted by Gasteiger charge is -2.39. The number of carbonyl (C=O) groups excluding carboxylic acids is 1. The molecule has 6 nitrogen and oxygen atoms in total. The van der Waals surface area contributed by atoms with E-state index >= 15 is 0 Å². The maximum atomic E-state index is 12.7. The first kappa shape index (κ1) is 18.6. The standard InChI is InChI=1S/C15H22F3N3O3/c1-10-12(11(2)24-20-10)4-3-7-19-13(22)21-8-5-14(23,6-9-21)15(16,17)18/h23H,3-9H2,1-2H3,(H,19,22). The lowest BCUT2D eigenvalue weighted by molar-refractivity contribution is -0.271. The van der Waals surface area contributed by atoms with Gasteiger partial charge in [0.2, 0.25) is 0 Å². The molecule has 0 spiro atoms. The highest BCUT2D eigenvalue weighted by Gasteiger charge is 2.54. The molecule has 0 radical (unpaired) electrons. The Balaban J connectivity index is 1.73. The van der Waals surface area contributed by atoms with Crippen molar-refractivity contribution in [3.8, 4) is 0 Å². The van der Waals surface area contributed by atoms with Gasteiger partial charge in [-0.15, -0.1) is 0 Å². The molecule has 2 amide bonds. The molecule has 2 heterocycles. The number of rotatable bonds is 4. The lowest BCUT2D eigenvalue weighted by Crippen LogP contribution is -2.55. The number of urea groups is 1. The van der Waals surface area contributed by atoms with Crippen molar-refractivity contribution < 1.29 is 27.6 Å². The number of amides is 2. The van der Waals surface area contributed by atoms with Crippen molar-refractivity contribution in [1.29, 1.82) is 0 Å². The van der Waals surface area contributed by atoms with Crippen molar-refractivity contribution >= 4 is 6.03 Å². The Morgan fingerprint density at radius 3 is 2.50 bits per heavy atom. The highest BCUT2D eigenvalue weighted by Crippen LogP contribution is 2.38. The SMILES string of the molecule is Cc1noc(C)c1CCCNC(=O)N1CCC(O)(C(F)(F)F)CC1. The van der Waals surface area contributed by atoms with Gasteiger partial charge in [0.05, 0.1) is 5.69 Å². The fraction of sp³-hybridized carbons (Fsp3) is 0.733. The largest absolute Gasteiger partial charge is 0.417 e. The van der Waals surface area contributed by atoms with E-state index in [2.05, 4.69) is 10.5 Å². The smallest absolute Gasteiger partial charge is 0.380 e. The number of nitrogens with one attached hydrogen (secondary N) is 1. The van der Waals surface area contributed by atoms with Gasteiger partial charge in [-0.2, -0.15) is 13.2 Å². The quantitative estimate of drug-likeness (QED) is 0.818. The van der Waals surface area contributed by atoms with Gasteiger partial charge in [0.25, 0.3) is 0 Å². The third-order valence-corrected chi connectivity index (χ3v) is 4.47. The molecule has 0 atom stereocenters. The average Bonchev–Trinajstić information content (AvgIpc) is 2.82. The number of aliphatic hydroxyl groups is 1. The number of alkyl halides is 3. The number of likely N-dealkylation sites (tertiary alicyclic amines) is 1. The third-order valence-electron chi connectivity index (χ3n) is 4.47. The molecule has 136 valence electrons. The molecule has 2 N–H and O–H groups in total. The van der Waals surface area contributed by atoms with Crippen LogP contribution < -0.4 is 5.32 Å². The molecule has 0 aliphatic carbocycles. The Labute approximate surface area is 138 Å². The van der Waals surface area contributed by atoms with Gasteiger partial charge >= 0.3 is 12.2 Å². The molecule has 0 saturated carbocycles. The summed E-state index contributed by atoms with van der Waals surface area (Å²) in [5.74, 6) is 0.751. The van der Waals surface area contributed by atoms with Crippen molar-refractivity contribution in [2.45, 2.75) is 51.3 Å². The normalized spacial score (nSPS) is 17.8. The molecular weight excluding hydrogens is 327 g/mol. The molecule has 2 rings (SSSR count). The summed E-state index contributed by atoms with van der Waals surface area (Å²) in [4.78, 5) is 13.3. The molecule has 0 unspecified atom stereocenters. The Kier molecular flexibility index (Phi) is 5.42. The first-order chi connectivity index (χ1) is 11.1. The zero-order chi connectivity index (χ0) is 18.0. The highest BCUT2D eigenvalue weighted by molar-refractivity contribution is 5.74. The summed E-state index contributed by atoms with van der Waals surface area (Å²) in [5, 5.41) is 16.1.